The Morgan fingerprint density at radius 3 is 2.79 bits per heavy atom. The fraction of sp³-hybridized carbons (Fsp3) is 0.591. The van der Waals surface area contributed by atoms with Crippen molar-refractivity contribution in [2.24, 2.45) is 17.3 Å². The van der Waals surface area contributed by atoms with Crippen molar-refractivity contribution < 1.29 is 9.90 Å². The number of aryl methyl sites for hydroxylation is 1. The molecule has 1 fully saturated rings. The van der Waals surface area contributed by atoms with E-state index >= 15 is 0 Å². The lowest BCUT2D eigenvalue weighted by Gasteiger charge is -2.52. The molecule has 2 heteroatoms. The van der Waals surface area contributed by atoms with Gasteiger partial charge in [-0.15, -0.1) is 0 Å². The highest BCUT2D eigenvalue weighted by atomic mass is 16.4. The number of fused-ring (bicyclic) bond motifs is 5. The molecule has 3 aliphatic carbocycles. The highest BCUT2D eigenvalue weighted by molar-refractivity contribution is 5.70. The van der Waals surface area contributed by atoms with Crippen LogP contribution >= 0.6 is 0 Å². The fourth-order valence-corrected chi connectivity index (χ4v) is 5.80. The number of hydrogen-bond acceptors (Lipinski definition) is 1. The maximum Gasteiger partial charge on any atom is 0.306 e. The van der Waals surface area contributed by atoms with Gasteiger partial charge >= 0.3 is 5.97 Å². The summed E-state index contributed by atoms with van der Waals surface area (Å²) in [7, 11) is 0. The third kappa shape index (κ3) is 2.18. The predicted molar refractivity (Wildman–Crippen MR) is 96.3 cm³/mol. The van der Waals surface area contributed by atoms with E-state index in [4.69, 9.17) is 0 Å². The summed E-state index contributed by atoms with van der Waals surface area (Å²) in [5.74, 6) is 0.534. The second kappa shape index (κ2) is 5.47. The number of benzene rings is 1. The highest BCUT2D eigenvalue weighted by Gasteiger charge is 2.49. The van der Waals surface area contributed by atoms with Gasteiger partial charge in [-0.3, -0.25) is 4.79 Å². The minimum absolute atomic E-state index is 0.165. The third-order valence-corrected chi connectivity index (χ3v) is 7.49. The number of allylic oxidation sites excluding steroid dienone is 2. The molecule has 128 valence electrons. The summed E-state index contributed by atoms with van der Waals surface area (Å²) in [4.78, 5) is 11.4. The van der Waals surface area contributed by atoms with E-state index in [1.165, 1.54) is 29.5 Å². The molecule has 3 aliphatic rings. The number of aliphatic carboxylic acids is 1. The monoisotopic (exact) mass is 324 g/mol. The second-order valence-corrected chi connectivity index (χ2v) is 8.49. The molecule has 0 unspecified atom stereocenters. The van der Waals surface area contributed by atoms with Gasteiger partial charge in [0.05, 0.1) is 5.92 Å². The van der Waals surface area contributed by atoms with Gasteiger partial charge in [-0.2, -0.15) is 0 Å². The molecule has 0 saturated heterocycles. The topological polar surface area (TPSA) is 37.3 Å². The summed E-state index contributed by atoms with van der Waals surface area (Å²) in [5.41, 5.74) is 7.72. The zero-order chi connectivity index (χ0) is 17.1. The average Bonchev–Trinajstić information content (AvgIpc) is 2.56. The van der Waals surface area contributed by atoms with Crippen LogP contribution in [0.3, 0.4) is 0 Å². The molecule has 4 rings (SSSR count). The molecule has 0 amide bonds. The van der Waals surface area contributed by atoms with Crippen molar-refractivity contribution in [1.29, 1.82) is 0 Å². The Kier molecular flexibility index (Phi) is 3.63. The van der Waals surface area contributed by atoms with Crippen LogP contribution in [0.25, 0.3) is 0 Å². The second-order valence-electron chi connectivity index (χ2n) is 8.49. The van der Waals surface area contributed by atoms with E-state index in [-0.39, 0.29) is 11.3 Å². The molecule has 0 aliphatic heterocycles. The first-order valence-electron chi connectivity index (χ1n) is 9.43. The Hall–Kier alpha value is -1.57. The molecule has 0 aromatic heterocycles. The molecule has 1 aromatic carbocycles. The lowest BCUT2D eigenvalue weighted by atomic mass is 9.52. The molecule has 0 heterocycles. The zero-order valence-corrected chi connectivity index (χ0v) is 15.1. The zero-order valence-electron chi connectivity index (χ0n) is 15.1. The Morgan fingerprint density at radius 2 is 2.04 bits per heavy atom. The molecule has 1 aromatic rings. The SMILES string of the molecule is Cc1ccc2c(c1C)CC[C@@H]1[C@@H]2CC=C2C[C@H](C(=O)O)CC[C@@]21C. The van der Waals surface area contributed by atoms with Gasteiger partial charge in [0.15, 0.2) is 0 Å². The van der Waals surface area contributed by atoms with Crippen molar-refractivity contribution in [2.45, 2.75) is 65.2 Å². The molecule has 4 atom stereocenters. The average molecular weight is 324 g/mol. The van der Waals surface area contributed by atoms with Gasteiger partial charge in [0.2, 0.25) is 0 Å². The number of rotatable bonds is 1. The lowest BCUT2D eigenvalue weighted by molar-refractivity contribution is -0.143. The van der Waals surface area contributed by atoms with E-state index in [0.29, 0.717) is 11.8 Å². The lowest BCUT2D eigenvalue weighted by Crippen LogP contribution is -2.43. The van der Waals surface area contributed by atoms with Crippen LogP contribution in [0.5, 0.6) is 0 Å². The third-order valence-electron chi connectivity index (χ3n) is 7.49. The van der Waals surface area contributed by atoms with Crippen LogP contribution < -0.4 is 0 Å². The van der Waals surface area contributed by atoms with E-state index in [1.807, 2.05) is 0 Å². The first-order valence-corrected chi connectivity index (χ1v) is 9.43. The molecule has 0 spiro atoms. The van der Waals surface area contributed by atoms with Gasteiger partial charge in [-0.1, -0.05) is 30.7 Å². The fourth-order valence-electron chi connectivity index (χ4n) is 5.80. The Bertz CT molecular complexity index is 730. The van der Waals surface area contributed by atoms with E-state index in [1.54, 1.807) is 11.1 Å². The van der Waals surface area contributed by atoms with Gasteiger partial charge in [0.1, 0.15) is 0 Å². The van der Waals surface area contributed by atoms with Crippen molar-refractivity contribution in [3.05, 3.63) is 46.0 Å². The summed E-state index contributed by atoms with van der Waals surface area (Å²) in [6.45, 7) is 6.91. The smallest absolute Gasteiger partial charge is 0.306 e. The van der Waals surface area contributed by atoms with Crippen LogP contribution in [-0.2, 0) is 11.2 Å². The van der Waals surface area contributed by atoms with Crippen molar-refractivity contribution in [3.8, 4) is 0 Å². The van der Waals surface area contributed by atoms with Crippen LogP contribution in [0.15, 0.2) is 23.8 Å². The van der Waals surface area contributed by atoms with Crippen LogP contribution in [0, 0.1) is 31.1 Å². The van der Waals surface area contributed by atoms with Crippen LogP contribution in [0.4, 0.5) is 0 Å². The molecule has 24 heavy (non-hydrogen) atoms. The molecule has 2 nitrogen and oxygen atoms in total. The predicted octanol–water partition coefficient (Wildman–Crippen LogP) is 5.17. The maximum absolute atomic E-state index is 11.4. The normalized spacial score (nSPS) is 34.6. The number of carboxylic acids is 1. The van der Waals surface area contributed by atoms with Crippen LogP contribution in [-0.4, -0.2) is 11.1 Å². The first-order chi connectivity index (χ1) is 11.4. The number of carbonyl (C=O) groups is 1. The van der Waals surface area contributed by atoms with Crippen LogP contribution in [0.1, 0.15) is 67.2 Å². The van der Waals surface area contributed by atoms with E-state index in [2.05, 4.69) is 39.0 Å². The molecule has 0 radical (unpaired) electrons. The molecule has 0 bridgehead atoms. The van der Waals surface area contributed by atoms with E-state index in [9.17, 15) is 9.90 Å². The summed E-state index contributed by atoms with van der Waals surface area (Å²) in [5, 5.41) is 9.40. The van der Waals surface area contributed by atoms with E-state index in [0.717, 1.165) is 25.7 Å². The highest BCUT2D eigenvalue weighted by Crippen LogP contribution is 2.59. The Labute approximate surface area is 145 Å². The molecular formula is C22H28O2. The minimum atomic E-state index is -0.611. The largest absolute Gasteiger partial charge is 0.481 e. The first kappa shape index (κ1) is 15.9. The maximum atomic E-state index is 11.4. The summed E-state index contributed by atoms with van der Waals surface area (Å²) in [6.07, 6.45) is 8.60. The van der Waals surface area contributed by atoms with Crippen molar-refractivity contribution in [2.75, 3.05) is 0 Å². The molecular weight excluding hydrogens is 296 g/mol. The van der Waals surface area contributed by atoms with E-state index < -0.39 is 5.97 Å². The Morgan fingerprint density at radius 1 is 1.25 bits per heavy atom. The molecule has 1 saturated carbocycles. The summed E-state index contributed by atoms with van der Waals surface area (Å²) < 4.78 is 0. The van der Waals surface area contributed by atoms with Gasteiger partial charge in [-0.05, 0) is 91.9 Å². The summed E-state index contributed by atoms with van der Waals surface area (Å²) in [6, 6.07) is 4.67. The van der Waals surface area contributed by atoms with Gasteiger partial charge in [-0.25, -0.2) is 0 Å². The summed E-state index contributed by atoms with van der Waals surface area (Å²) >= 11 is 0. The standard InChI is InChI=1S/C22H28O2/c1-13-4-6-18-17(14(13)2)8-9-20-19(18)7-5-16-12-15(21(23)24)10-11-22(16,20)3/h4-6,15,19-20H,7-12H2,1-3H3,(H,23,24)/t15-,19-,20-,22+/m1/s1. The van der Waals surface area contributed by atoms with Crippen molar-refractivity contribution in [3.63, 3.8) is 0 Å². The quantitative estimate of drug-likeness (QED) is 0.724. The van der Waals surface area contributed by atoms with Crippen LogP contribution in [0.2, 0.25) is 0 Å². The van der Waals surface area contributed by atoms with Crippen molar-refractivity contribution >= 4 is 5.97 Å². The Balaban J connectivity index is 1.72. The number of hydrogen-bond donors (Lipinski definition) is 1. The van der Waals surface area contributed by atoms with Gasteiger partial charge in [0, 0.05) is 0 Å². The number of carboxylic acid groups (broad SMARTS) is 1. The minimum Gasteiger partial charge on any atom is -0.481 e. The molecule has 1 N–H and O–H groups in total. The van der Waals surface area contributed by atoms with Crippen molar-refractivity contribution in [1.82, 2.24) is 0 Å². The van der Waals surface area contributed by atoms with Gasteiger partial charge < -0.3 is 5.11 Å². The van der Waals surface area contributed by atoms with Gasteiger partial charge in [0.25, 0.3) is 0 Å².